The summed E-state index contributed by atoms with van der Waals surface area (Å²) in [6.45, 7) is 1.39. The molecule has 8 heteroatoms. The summed E-state index contributed by atoms with van der Waals surface area (Å²) < 4.78 is 31.4. The number of carbonyl (C=O) groups is 2. The summed E-state index contributed by atoms with van der Waals surface area (Å²) >= 11 is 6.79. The molecule has 1 N–H and O–H groups in total. The molecule has 2 aromatic carbocycles. The summed E-state index contributed by atoms with van der Waals surface area (Å²) in [6.07, 6.45) is -1.09. The number of benzene rings is 2. The summed E-state index contributed by atoms with van der Waals surface area (Å²) in [5, 5.41) is 2.47. The zero-order valence-electron chi connectivity index (χ0n) is 13.1. The minimum atomic E-state index is -1.09. The highest BCUT2D eigenvalue weighted by Crippen LogP contribution is 2.23. The van der Waals surface area contributed by atoms with Crippen LogP contribution in [-0.4, -0.2) is 23.7 Å². The van der Waals surface area contributed by atoms with Crippen LogP contribution in [-0.2, 0) is 14.3 Å². The van der Waals surface area contributed by atoms with E-state index in [0.717, 1.165) is 23.9 Å². The van der Waals surface area contributed by atoms with E-state index in [9.17, 15) is 18.4 Å². The van der Waals surface area contributed by atoms with Crippen LogP contribution >= 0.6 is 23.4 Å². The highest BCUT2D eigenvalue weighted by Gasteiger charge is 2.19. The van der Waals surface area contributed by atoms with Crippen molar-refractivity contribution in [2.45, 2.75) is 17.9 Å². The van der Waals surface area contributed by atoms with Crippen LogP contribution in [0.25, 0.3) is 0 Å². The summed E-state index contributed by atoms with van der Waals surface area (Å²) in [6, 6.07) is 9.53. The molecular weight excluding hydrogens is 372 g/mol. The van der Waals surface area contributed by atoms with Gasteiger partial charge < -0.3 is 10.1 Å². The third-order valence-corrected chi connectivity index (χ3v) is 4.38. The van der Waals surface area contributed by atoms with Crippen LogP contribution in [0.5, 0.6) is 0 Å². The molecule has 0 fully saturated rings. The van der Waals surface area contributed by atoms with Gasteiger partial charge in [-0.15, -0.1) is 11.8 Å². The molecule has 0 aliphatic heterocycles. The predicted molar refractivity (Wildman–Crippen MR) is 92.7 cm³/mol. The fraction of sp³-hybridized carbons (Fsp3) is 0.176. The largest absolute Gasteiger partial charge is 0.452 e. The Hall–Kier alpha value is -2.12. The van der Waals surface area contributed by atoms with Gasteiger partial charge in [-0.25, -0.2) is 8.78 Å². The van der Waals surface area contributed by atoms with Crippen LogP contribution in [0.1, 0.15) is 6.92 Å². The maximum Gasteiger partial charge on any atom is 0.317 e. The number of hydrogen-bond donors (Lipinski definition) is 1. The number of amides is 1. The summed E-state index contributed by atoms with van der Waals surface area (Å²) in [7, 11) is 0. The van der Waals surface area contributed by atoms with Gasteiger partial charge in [0.1, 0.15) is 11.6 Å². The van der Waals surface area contributed by atoms with E-state index in [1.165, 1.54) is 19.1 Å². The second kappa shape index (κ2) is 8.82. The van der Waals surface area contributed by atoms with Crippen molar-refractivity contribution in [3.8, 4) is 0 Å². The summed E-state index contributed by atoms with van der Waals surface area (Å²) in [5.74, 6) is -2.39. The molecule has 0 aromatic heterocycles. The Kier molecular flexibility index (Phi) is 6.78. The highest BCUT2D eigenvalue weighted by molar-refractivity contribution is 8.00. The lowest BCUT2D eigenvalue weighted by atomic mass is 10.3. The zero-order valence-corrected chi connectivity index (χ0v) is 14.7. The van der Waals surface area contributed by atoms with Crippen molar-refractivity contribution in [1.82, 2.24) is 0 Å². The van der Waals surface area contributed by atoms with E-state index in [1.54, 1.807) is 18.2 Å². The van der Waals surface area contributed by atoms with Gasteiger partial charge in [-0.3, -0.25) is 9.59 Å². The standard InChI is InChI=1S/C17H14ClF2NO3S/c1-10(17(23)21-14-7-6-11(19)8-12(14)18)24-16(22)9-25-15-5-3-2-4-13(15)20/h2-8,10H,9H2,1H3,(H,21,23)/t10-/m1/s1. The van der Waals surface area contributed by atoms with Gasteiger partial charge in [0.25, 0.3) is 5.91 Å². The molecule has 0 saturated carbocycles. The van der Waals surface area contributed by atoms with Crippen molar-refractivity contribution in [3.63, 3.8) is 0 Å². The zero-order chi connectivity index (χ0) is 18.4. The molecule has 0 saturated heterocycles. The summed E-state index contributed by atoms with van der Waals surface area (Å²) in [5.41, 5.74) is 0.205. The molecule has 2 rings (SSSR count). The topological polar surface area (TPSA) is 55.4 Å². The molecule has 1 atom stereocenters. The molecule has 1 amide bonds. The average Bonchev–Trinajstić information content (AvgIpc) is 2.56. The van der Waals surface area contributed by atoms with Crippen molar-refractivity contribution in [3.05, 3.63) is 59.1 Å². The van der Waals surface area contributed by atoms with E-state index in [2.05, 4.69) is 5.32 Å². The maximum absolute atomic E-state index is 13.5. The smallest absolute Gasteiger partial charge is 0.317 e. The van der Waals surface area contributed by atoms with Crippen molar-refractivity contribution in [2.24, 2.45) is 0 Å². The maximum atomic E-state index is 13.5. The fourth-order valence-corrected chi connectivity index (χ4v) is 2.74. The first-order valence-electron chi connectivity index (χ1n) is 7.19. The molecule has 132 valence electrons. The third-order valence-electron chi connectivity index (χ3n) is 3.05. The van der Waals surface area contributed by atoms with Crippen molar-refractivity contribution >= 4 is 40.9 Å². The number of hydrogen-bond acceptors (Lipinski definition) is 4. The lowest BCUT2D eigenvalue weighted by Crippen LogP contribution is -2.30. The normalized spacial score (nSPS) is 11.7. The van der Waals surface area contributed by atoms with Gasteiger partial charge in [0.05, 0.1) is 16.5 Å². The van der Waals surface area contributed by atoms with Gasteiger partial charge in [0, 0.05) is 4.90 Å². The van der Waals surface area contributed by atoms with E-state index >= 15 is 0 Å². The highest BCUT2D eigenvalue weighted by atomic mass is 35.5. The third kappa shape index (κ3) is 5.72. The Morgan fingerprint density at radius 3 is 2.64 bits per heavy atom. The number of halogens is 3. The minimum Gasteiger partial charge on any atom is -0.452 e. The molecule has 0 unspecified atom stereocenters. The van der Waals surface area contributed by atoms with Crippen LogP contribution in [0.2, 0.25) is 5.02 Å². The van der Waals surface area contributed by atoms with Gasteiger partial charge in [-0.1, -0.05) is 23.7 Å². The Bertz CT molecular complexity index is 788. The SMILES string of the molecule is C[C@@H](OC(=O)CSc1ccccc1F)C(=O)Nc1ccc(F)cc1Cl. The molecule has 0 aliphatic carbocycles. The molecule has 0 spiro atoms. The van der Waals surface area contributed by atoms with Crippen LogP contribution in [0.4, 0.5) is 14.5 Å². The molecule has 0 radical (unpaired) electrons. The first kappa shape index (κ1) is 19.2. The Morgan fingerprint density at radius 2 is 1.96 bits per heavy atom. The van der Waals surface area contributed by atoms with E-state index in [1.807, 2.05) is 0 Å². The quantitative estimate of drug-likeness (QED) is 0.595. The number of esters is 1. The van der Waals surface area contributed by atoms with E-state index in [-0.39, 0.29) is 16.5 Å². The number of carbonyl (C=O) groups excluding carboxylic acids is 2. The number of thioether (sulfide) groups is 1. The number of ether oxygens (including phenoxy) is 1. The molecule has 0 aliphatic rings. The molecular formula is C17H14ClF2NO3S. The number of rotatable bonds is 6. The Balaban J connectivity index is 1.85. The fourth-order valence-electron chi connectivity index (χ4n) is 1.81. The van der Waals surface area contributed by atoms with Crippen LogP contribution in [0.3, 0.4) is 0 Å². The summed E-state index contributed by atoms with van der Waals surface area (Å²) in [4.78, 5) is 24.1. The second-order valence-corrected chi connectivity index (χ2v) is 6.39. The van der Waals surface area contributed by atoms with Gasteiger partial charge in [0.15, 0.2) is 6.10 Å². The van der Waals surface area contributed by atoms with E-state index < -0.39 is 29.6 Å². The molecule has 4 nitrogen and oxygen atoms in total. The average molecular weight is 386 g/mol. The molecule has 25 heavy (non-hydrogen) atoms. The van der Waals surface area contributed by atoms with Gasteiger partial charge in [-0.05, 0) is 37.3 Å². The minimum absolute atomic E-state index is 0.0296. The van der Waals surface area contributed by atoms with Gasteiger partial charge in [-0.2, -0.15) is 0 Å². The van der Waals surface area contributed by atoms with E-state index in [0.29, 0.717) is 4.90 Å². The monoisotopic (exact) mass is 385 g/mol. The van der Waals surface area contributed by atoms with E-state index in [4.69, 9.17) is 16.3 Å². The Labute approximate surface area is 152 Å². The van der Waals surface area contributed by atoms with Crippen molar-refractivity contribution in [2.75, 3.05) is 11.1 Å². The number of nitrogens with one attached hydrogen (secondary N) is 1. The van der Waals surface area contributed by atoms with Crippen LogP contribution in [0, 0.1) is 11.6 Å². The molecule has 2 aromatic rings. The van der Waals surface area contributed by atoms with Crippen molar-refractivity contribution < 1.29 is 23.1 Å². The first-order chi connectivity index (χ1) is 11.9. The van der Waals surface area contributed by atoms with Crippen molar-refractivity contribution in [1.29, 1.82) is 0 Å². The second-order valence-electron chi connectivity index (χ2n) is 4.96. The first-order valence-corrected chi connectivity index (χ1v) is 8.56. The molecule has 0 bridgehead atoms. The Morgan fingerprint density at radius 1 is 1.24 bits per heavy atom. The van der Waals surface area contributed by atoms with Crippen LogP contribution in [0.15, 0.2) is 47.4 Å². The molecule has 0 heterocycles. The van der Waals surface area contributed by atoms with Crippen LogP contribution < -0.4 is 5.32 Å². The number of anilines is 1. The predicted octanol–water partition coefficient (Wildman–Crippen LogP) is 4.28. The van der Waals surface area contributed by atoms with Gasteiger partial charge in [0.2, 0.25) is 0 Å². The lowest BCUT2D eigenvalue weighted by Gasteiger charge is -2.14. The van der Waals surface area contributed by atoms with Gasteiger partial charge >= 0.3 is 5.97 Å². The lowest BCUT2D eigenvalue weighted by molar-refractivity contribution is -0.150.